The van der Waals surface area contributed by atoms with E-state index >= 15 is 0 Å². The molecule has 132 valence electrons. The van der Waals surface area contributed by atoms with Crippen molar-refractivity contribution in [3.8, 4) is 0 Å². The van der Waals surface area contributed by atoms with Crippen molar-refractivity contribution in [1.29, 1.82) is 0 Å². The summed E-state index contributed by atoms with van der Waals surface area (Å²) in [7, 11) is 1.39. The fourth-order valence-electron chi connectivity index (χ4n) is 3.09. The fraction of sp³-hybridized carbons (Fsp3) is 0.579. The van der Waals surface area contributed by atoms with Crippen LogP contribution in [0.2, 0.25) is 0 Å². The molecule has 5 heteroatoms. The van der Waals surface area contributed by atoms with Crippen molar-refractivity contribution in [1.82, 2.24) is 4.90 Å². The smallest absolute Gasteiger partial charge is 0.323 e. The number of hydrogen-bond donors (Lipinski definition) is 0. The van der Waals surface area contributed by atoms with E-state index in [0.717, 1.165) is 12.0 Å². The number of methoxy groups -OCH3 is 1. The Bertz CT molecular complexity index is 564. The number of hydrogen-bond acceptors (Lipinski definition) is 5. The molecule has 1 aliphatic rings. The lowest BCUT2D eigenvalue weighted by Crippen LogP contribution is -2.43. The highest BCUT2D eigenvalue weighted by Crippen LogP contribution is 2.30. The van der Waals surface area contributed by atoms with Gasteiger partial charge in [-0.05, 0) is 39.2 Å². The molecule has 0 amide bonds. The molecule has 1 aromatic rings. The van der Waals surface area contributed by atoms with Crippen molar-refractivity contribution in [2.24, 2.45) is 0 Å². The van der Waals surface area contributed by atoms with Crippen LogP contribution in [0.25, 0.3) is 0 Å². The summed E-state index contributed by atoms with van der Waals surface area (Å²) in [6.07, 6.45) is 1.78. The Kier molecular flexibility index (Phi) is 5.99. The molecule has 1 heterocycles. The van der Waals surface area contributed by atoms with Gasteiger partial charge < -0.3 is 9.47 Å². The van der Waals surface area contributed by atoms with Crippen LogP contribution in [0.5, 0.6) is 0 Å². The Morgan fingerprint density at radius 1 is 1.17 bits per heavy atom. The summed E-state index contributed by atoms with van der Waals surface area (Å²) in [4.78, 5) is 26.4. The zero-order valence-electron chi connectivity index (χ0n) is 15.0. The van der Waals surface area contributed by atoms with Gasteiger partial charge >= 0.3 is 11.9 Å². The van der Waals surface area contributed by atoms with Crippen molar-refractivity contribution >= 4 is 11.9 Å². The Morgan fingerprint density at radius 3 is 2.42 bits per heavy atom. The van der Waals surface area contributed by atoms with Crippen LogP contribution in [0, 0.1) is 0 Å². The summed E-state index contributed by atoms with van der Waals surface area (Å²) >= 11 is 0. The molecule has 0 bridgehead atoms. The standard InChI is InChI=1S/C19H27NO4/c1-19(2,3)24-18(22)16-11-10-15(12-17(21)23-4)20(16)13-14-8-6-5-7-9-14/h5-9,15-16H,10-13H2,1-4H3/t15-,16+/m0/s1. The summed E-state index contributed by atoms with van der Waals surface area (Å²) in [5.74, 6) is -0.464. The first-order valence-electron chi connectivity index (χ1n) is 8.39. The molecule has 1 fully saturated rings. The molecule has 5 nitrogen and oxygen atoms in total. The second-order valence-corrected chi connectivity index (χ2v) is 7.22. The van der Waals surface area contributed by atoms with Crippen LogP contribution in [0.3, 0.4) is 0 Å². The third-order valence-corrected chi connectivity index (χ3v) is 4.16. The molecule has 0 saturated carbocycles. The highest BCUT2D eigenvalue weighted by Gasteiger charge is 2.40. The van der Waals surface area contributed by atoms with Gasteiger partial charge in [-0.15, -0.1) is 0 Å². The molecule has 1 aromatic carbocycles. The lowest BCUT2D eigenvalue weighted by Gasteiger charge is -2.30. The molecule has 24 heavy (non-hydrogen) atoms. The number of carbonyl (C=O) groups is 2. The second kappa shape index (κ2) is 7.79. The molecule has 0 N–H and O–H groups in total. The van der Waals surface area contributed by atoms with E-state index in [1.165, 1.54) is 7.11 Å². The van der Waals surface area contributed by atoms with Crippen LogP contribution >= 0.6 is 0 Å². The molecule has 0 aliphatic carbocycles. The Morgan fingerprint density at radius 2 is 1.83 bits per heavy atom. The second-order valence-electron chi connectivity index (χ2n) is 7.22. The van der Waals surface area contributed by atoms with Crippen molar-refractivity contribution in [2.45, 2.75) is 64.3 Å². The molecular formula is C19H27NO4. The van der Waals surface area contributed by atoms with E-state index in [0.29, 0.717) is 19.4 Å². The fourth-order valence-corrected chi connectivity index (χ4v) is 3.09. The number of carbonyl (C=O) groups excluding carboxylic acids is 2. The third-order valence-electron chi connectivity index (χ3n) is 4.16. The van der Waals surface area contributed by atoms with Gasteiger partial charge in [0, 0.05) is 12.6 Å². The molecule has 0 spiro atoms. The van der Waals surface area contributed by atoms with Gasteiger partial charge in [0.25, 0.3) is 0 Å². The van der Waals surface area contributed by atoms with Crippen LogP contribution < -0.4 is 0 Å². The summed E-state index contributed by atoms with van der Waals surface area (Å²) < 4.78 is 10.4. The van der Waals surface area contributed by atoms with Crippen LogP contribution in [0.15, 0.2) is 30.3 Å². The highest BCUT2D eigenvalue weighted by atomic mass is 16.6. The van der Waals surface area contributed by atoms with E-state index in [1.54, 1.807) is 0 Å². The van der Waals surface area contributed by atoms with Gasteiger partial charge in [0.05, 0.1) is 13.5 Å². The lowest BCUT2D eigenvalue weighted by atomic mass is 10.1. The molecule has 1 aliphatic heterocycles. The molecule has 0 radical (unpaired) electrons. The maximum absolute atomic E-state index is 12.6. The monoisotopic (exact) mass is 333 g/mol. The van der Waals surface area contributed by atoms with Gasteiger partial charge in [0.15, 0.2) is 0 Å². The predicted octanol–water partition coefficient (Wildman–Crippen LogP) is 2.92. The van der Waals surface area contributed by atoms with E-state index in [9.17, 15) is 9.59 Å². The van der Waals surface area contributed by atoms with E-state index in [4.69, 9.17) is 9.47 Å². The first kappa shape index (κ1) is 18.5. The predicted molar refractivity (Wildman–Crippen MR) is 91.3 cm³/mol. The maximum atomic E-state index is 12.6. The summed E-state index contributed by atoms with van der Waals surface area (Å²) in [5, 5.41) is 0. The number of ether oxygens (including phenoxy) is 2. The average molecular weight is 333 g/mol. The number of rotatable bonds is 5. The van der Waals surface area contributed by atoms with Crippen LogP contribution in [-0.4, -0.2) is 41.6 Å². The number of esters is 2. The number of benzene rings is 1. The van der Waals surface area contributed by atoms with Crippen molar-refractivity contribution in [3.05, 3.63) is 35.9 Å². The number of likely N-dealkylation sites (tertiary alicyclic amines) is 1. The molecule has 1 saturated heterocycles. The van der Waals surface area contributed by atoms with Gasteiger partial charge in [0.1, 0.15) is 11.6 Å². The van der Waals surface area contributed by atoms with Crippen molar-refractivity contribution < 1.29 is 19.1 Å². The normalized spacial score (nSPS) is 21.5. The van der Waals surface area contributed by atoms with E-state index in [1.807, 2.05) is 51.1 Å². The minimum Gasteiger partial charge on any atom is -0.469 e. The van der Waals surface area contributed by atoms with Crippen LogP contribution in [-0.2, 0) is 25.6 Å². The largest absolute Gasteiger partial charge is 0.469 e. The Hall–Kier alpha value is -1.88. The van der Waals surface area contributed by atoms with Crippen LogP contribution in [0.4, 0.5) is 0 Å². The van der Waals surface area contributed by atoms with Gasteiger partial charge in [-0.3, -0.25) is 14.5 Å². The van der Waals surface area contributed by atoms with Gasteiger partial charge in [-0.25, -0.2) is 0 Å². The summed E-state index contributed by atoms with van der Waals surface area (Å²) in [6.45, 7) is 6.22. The highest BCUT2D eigenvalue weighted by molar-refractivity contribution is 5.77. The lowest BCUT2D eigenvalue weighted by molar-refractivity contribution is -0.161. The molecule has 2 rings (SSSR count). The quantitative estimate of drug-likeness (QED) is 0.776. The van der Waals surface area contributed by atoms with E-state index in [-0.39, 0.29) is 24.0 Å². The molecule has 0 unspecified atom stereocenters. The minimum absolute atomic E-state index is 0.00447. The summed E-state index contributed by atoms with van der Waals surface area (Å²) in [6, 6.07) is 9.64. The Balaban J connectivity index is 2.16. The van der Waals surface area contributed by atoms with E-state index in [2.05, 4.69) is 4.90 Å². The minimum atomic E-state index is -0.518. The maximum Gasteiger partial charge on any atom is 0.323 e. The first-order valence-corrected chi connectivity index (χ1v) is 8.39. The van der Waals surface area contributed by atoms with E-state index < -0.39 is 5.60 Å². The average Bonchev–Trinajstić information content (AvgIpc) is 2.89. The Labute approximate surface area is 143 Å². The van der Waals surface area contributed by atoms with Crippen molar-refractivity contribution in [2.75, 3.05) is 7.11 Å². The van der Waals surface area contributed by atoms with Gasteiger partial charge in [0.2, 0.25) is 0 Å². The third kappa shape index (κ3) is 5.06. The van der Waals surface area contributed by atoms with Gasteiger partial charge in [-0.2, -0.15) is 0 Å². The zero-order valence-corrected chi connectivity index (χ0v) is 15.0. The summed E-state index contributed by atoms with van der Waals surface area (Å²) in [5.41, 5.74) is 0.596. The molecular weight excluding hydrogens is 306 g/mol. The SMILES string of the molecule is COC(=O)C[C@@H]1CC[C@H](C(=O)OC(C)(C)C)N1Cc1ccccc1. The number of nitrogens with zero attached hydrogens (tertiary/aromatic N) is 1. The molecule has 2 atom stereocenters. The topological polar surface area (TPSA) is 55.8 Å². The van der Waals surface area contributed by atoms with Crippen LogP contribution in [0.1, 0.15) is 45.6 Å². The van der Waals surface area contributed by atoms with Crippen molar-refractivity contribution in [3.63, 3.8) is 0 Å². The van der Waals surface area contributed by atoms with Gasteiger partial charge in [-0.1, -0.05) is 30.3 Å². The molecule has 0 aromatic heterocycles. The zero-order chi connectivity index (χ0) is 17.7. The first-order chi connectivity index (χ1) is 11.3.